The van der Waals surface area contributed by atoms with Crippen molar-refractivity contribution in [3.8, 4) is 5.75 Å². The summed E-state index contributed by atoms with van der Waals surface area (Å²) in [7, 11) is 0. The number of hydrogen-bond donors (Lipinski definition) is 2. The second kappa shape index (κ2) is 5.53. The lowest BCUT2D eigenvalue weighted by molar-refractivity contribution is -0.179. The lowest BCUT2D eigenvalue weighted by atomic mass is 9.59. The van der Waals surface area contributed by atoms with Gasteiger partial charge in [0, 0.05) is 0 Å². The first-order chi connectivity index (χ1) is 9.50. The van der Waals surface area contributed by atoms with Crippen LogP contribution in [0.2, 0.25) is 0 Å². The van der Waals surface area contributed by atoms with Crippen LogP contribution in [0.4, 0.5) is 0 Å². The highest BCUT2D eigenvalue weighted by Crippen LogP contribution is 2.48. The molecule has 0 saturated heterocycles. The molecule has 1 fully saturated rings. The van der Waals surface area contributed by atoms with E-state index >= 15 is 0 Å². The van der Waals surface area contributed by atoms with Crippen molar-refractivity contribution < 1.29 is 24.5 Å². The quantitative estimate of drug-likeness (QED) is 0.830. The summed E-state index contributed by atoms with van der Waals surface area (Å²) in [4.78, 5) is 21.5. The van der Waals surface area contributed by atoms with Crippen LogP contribution in [-0.4, -0.2) is 22.2 Å². The molecule has 0 radical (unpaired) electrons. The molecule has 5 heteroatoms. The van der Waals surface area contributed by atoms with Crippen LogP contribution in [0.5, 0.6) is 5.75 Å². The summed E-state index contributed by atoms with van der Waals surface area (Å²) < 4.78 is 5.18. The van der Waals surface area contributed by atoms with E-state index in [0.29, 0.717) is 6.42 Å². The Bertz CT molecular complexity index is 488. The van der Waals surface area contributed by atoms with Gasteiger partial charge in [-0.15, -0.1) is 0 Å². The van der Waals surface area contributed by atoms with Crippen molar-refractivity contribution >= 4 is 11.9 Å². The summed E-state index contributed by atoms with van der Waals surface area (Å²) in [5.41, 5.74) is -0.197. The Labute approximate surface area is 117 Å². The van der Waals surface area contributed by atoms with Crippen molar-refractivity contribution in [2.45, 2.75) is 32.8 Å². The molecule has 0 aromatic heterocycles. The SMILES string of the molecule is CCC1CCC1(C(=O)O)C(=O)O.c1cc2cc(c1)OC2. The minimum absolute atomic E-state index is 0.188. The second-order valence-electron chi connectivity index (χ2n) is 5.16. The van der Waals surface area contributed by atoms with Gasteiger partial charge in [-0.1, -0.05) is 25.5 Å². The van der Waals surface area contributed by atoms with Crippen LogP contribution >= 0.6 is 0 Å². The lowest BCUT2D eigenvalue weighted by Gasteiger charge is -2.42. The van der Waals surface area contributed by atoms with Crippen molar-refractivity contribution in [3.63, 3.8) is 0 Å². The van der Waals surface area contributed by atoms with Crippen molar-refractivity contribution in [2.24, 2.45) is 11.3 Å². The Morgan fingerprint density at radius 2 is 2.05 bits per heavy atom. The number of carboxylic acids is 2. The molecule has 1 saturated carbocycles. The molecule has 2 N–H and O–H groups in total. The number of benzene rings is 1. The third-order valence-corrected chi connectivity index (χ3v) is 4.14. The standard InChI is InChI=1S/C8H12O4.C7H6O/c1-2-5-3-4-8(5,6(9)10)7(11)12;1-2-6-4-7(3-1)8-5-6/h5H,2-4H2,1H3,(H,9,10)(H,11,12);1-4H,5H2. The lowest BCUT2D eigenvalue weighted by Crippen LogP contribution is -2.52. The van der Waals surface area contributed by atoms with E-state index in [2.05, 4.69) is 12.1 Å². The Hall–Kier alpha value is -2.04. The topological polar surface area (TPSA) is 83.8 Å². The van der Waals surface area contributed by atoms with Gasteiger partial charge in [0.05, 0.1) is 0 Å². The zero-order valence-electron chi connectivity index (χ0n) is 11.3. The summed E-state index contributed by atoms with van der Waals surface area (Å²) in [5, 5.41) is 17.5. The van der Waals surface area contributed by atoms with E-state index in [9.17, 15) is 9.59 Å². The van der Waals surface area contributed by atoms with Gasteiger partial charge < -0.3 is 14.9 Å². The van der Waals surface area contributed by atoms with E-state index < -0.39 is 17.4 Å². The molecule has 1 unspecified atom stereocenters. The second-order valence-corrected chi connectivity index (χ2v) is 5.16. The summed E-state index contributed by atoms with van der Waals surface area (Å²) in [6.45, 7) is 2.59. The average molecular weight is 278 g/mol. The van der Waals surface area contributed by atoms with Crippen LogP contribution in [0.1, 0.15) is 31.7 Å². The van der Waals surface area contributed by atoms with Crippen LogP contribution in [0, 0.1) is 11.3 Å². The van der Waals surface area contributed by atoms with E-state index in [1.54, 1.807) is 0 Å². The summed E-state index contributed by atoms with van der Waals surface area (Å²) >= 11 is 0. The smallest absolute Gasteiger partial charge is 0.321 e. The Morgan fingerprint density at radius 3 is 2.40 bits per heavy atom. The van der Waals surface area contributed by atoms with Gasteiger partial charge in [-0.05, 0) is 36.5 Å². The van der Waals surface area contributed by atoms with Gasteiger partial charge in [-0.25, -0.2) is 0 Å². The fourth-order valence-electron chi connectivity index (χ4n) is 2.74. The van der Waals surface area contributed by atoms with Crippen LogP contribution in [-0.2, 0) is 16.2 Å². The fraction of sp³-hybridized carbons (Fsp3) is 0.467. The number of ether oxygens (including phenoxy) is 1. The van der Waals surface area contributed by atoms with Gasteiger partial charge in [0.15, 0.2) is 5.41 Å². The number of fused-ring (bicyclic) bond motifs is 2. The molecular formula is C15H18O5. The van der Waals surface area contributed by atoms with Gasteiger partial charge >= 0.3 is 11.9 Å². The molecule has 2 bridgehead atoms. The number of aliphatic carboxylic acids is 2. The van der Waals surface area contributed by atoms with Crippen LogP contribution in [0.15, 0.2) is 24.3 Å². The Kier molecular flexibility index (Phi) is 3.97. The van der Waals surface area contributed by atoms with Crippen molar-refractivity contribution in [1.82, 2.24) is 0 Å². The molecule has 1 atom stereocenters. The van der Waals surface area contributed by atoms with Crippen molar-refractivity contribution in [3.05, 3.63) is 29.8 Å². The predicted molar refractivity (Wildman–Crippen MR) is 71.5 cm³/mol. The fourth-order valence-corrected chi connectivity index (χ4v) is 2.74. The van der Waals surface area contributed by atoms with Crippen LogP contribution in [0.3, 0.4) is 0 Å². The van der Waals surface area contributed by atoms with Crippen LogP contribution < -0.4 is 4.74 Å². The first-order valence-electron chi connectivity index (χ1n) is 6.69. The first kappa shape index (κ1) is 14.4. The van der Waals surface area contributed by atoms with E-state index in [1.807, 2.05) is 19.1 Å². The normalized spacial score (nSPS) is 20.9. The van der Waals surface area contributed by atoms with Gasteiger partial charge in [-0.2, -0.15) is 0 Å². The molecule has 3 rings (SSSR count). The zero-order chi connectivity index (χ0) is 14.8. The third-order valence-electron chi connectivity index (χ3n) is 4.14. The summed E-state index contributed by atoms with van der Waals surface area (Å²) in [5.74, 6) is -1.56. The summed E-state index contributed by atoms with van der Waals surface area (Å²) in [6, 6.07) is 8.10. The van der Waals surface area contributed by atoms with Crippen LogP contribution in [0.25, 0.3) is 0 Å². The third kappa shape index (κ3) is 2.35. The number of hydrogen-bond acceptors (Lipinski definition) is 3. The van der Waals surface area contributed by atoms with E-state index in [-0.39, 0.29) is 12.3 Å². The zero-order valence-corrected chi connectivity index (χ0v) is 11.3. The molecular weight excluding hydrogens is 260 g/mol. The van der Waals surface area contributed by atoms with Crippen molar-refractivity contribution in [2.75, 3.05) is 0 Å². The molecule has 1 aromatic carbocycles. The molecule has 1 aromatic rings. The maximum absolute atomic E-state index is 10.7. The molecule has 108 valence electrons. The molecule has 1 aliphatic carbocycles. The largest absolute Gasteiger partial charge is 0.489 e. The Balaban J connectivity index is 0.000000157. The number of carboxylic acid groups (broad SMARTS) is 2. The number of carbonyl (C=O) groups is 2. The maximum atomic E-state index is 10.7. The minimum atomic E-state index is -1.48. The predicted octanol–water partition coefficient (Wildman–Crippen LogP) is 2.54. The summed E-state index contributed by atoms with van der Waals surface area (Å²) in [6.07, 6.45) is 1.61. The highest BCUT2D eigenvalue weighted by molar-refractivity contribution is 5.99. The van der Waals surface area contributed by atoms with Gasteiger partial charge in [0.25, 0.3) is 0 Å². The Morgan fingerprint density at radius 1 is 1.35 bits per heavy atom. The molecule has 5 nitrogen and oxygen atoms in total. The average Bonchev–Trinajstić information content (AvgIpc) is 2.68. The molecule has 0 spiro atoms. The molecule has 20 heavy (non-hydrogen) atoms. The van der Waals surface area contributed by atoms with E-state index in [0.717, 1.165) is 18.8 Å². The monoisotopic (exact) mass is 278 g/mol. The van der Waals surface area contributed by atoms with E-state index in [1.165, 1.54) is 5.56 Å². The van der Waals surface area contributed by atoms with E-state index in [4.69, 9.17) is 14.9 Å². The number of rotatable bonds is 3. The van der Waals surface area contributed by atoms with Gasteiger partial charge in [0.1, 0.15) is 12.4 Å². The van der Waals surface area contributed by atoms with Crippen molar-refractivity contribution in [1.29, 1.82) is 0 Å². The van der Waals surface area contributed by atoms with Gasteiger partial charge in [-0.3, -0.25) is 9.59 Å². The highest BCUT2D eigenvalue weighted by Gasteiger charge is 2.58. The molecule has 1 heterocycles. The maximum Gasteiger partial charge on any atom is 0.321 e. The molecule has 0 amide bonds. The minimum Gasteiger partial charge on any atom is -0.489 e. The molecule has 1 aliphatic heterocycles. The highest BCUT2D eigenvalue weighted by atomic mass is 16.5. The first-order valence-corrected chi connectivity index (χ1v) is 6.69. The van der Waals surface area contributed by atoms with Gasteiger partial charge in [0.2, 0.25) is 0 Å². The molecule has 2 aliphatic rings.